The molecule has 2 aromatic rings. The molecular weight excluding hydrogens is 737 g/mol. The van der Waals surface area contributed by atoms with Crippen LogP contribution in [0, 0.1) is 17.3 Å². The van der Waals surface area contributed by atoms with Gasteiger partial charge in [0.1, 0.15) is 0 Å². The fourth-order valence-electron chi connectivity index (χ4n) is 7.56. The number of hydrogen-bond acceptors (Lipinski definition) is 11. The van der Waals surface area contributed by atoms with Gasteiger partial charge in [0, 0.05) is 21.3 Å². The van der Waals surface area contributed by atoms with Gasteiger partial charge in [0.25, 0.3) is 0 Å². The number of methoxy groups -OCH3 is 4. The molecule has 0 spiro atoms. The van der Waals surface area contributed by atoms with Crippen molar-refractivity contribution in [1.82, 2.24) is 5.32 Å². The van der Waals surface area contributed by atoms with E-state index in [4.69, 9.17) is 42.6 Å². The van der Waals surface area contributed by atoms with Crippen molar-refractivity contribution in [2.24, 2.45) is 17.3 Å². The molecule has 5 rings (SSSR count). The first-order valence-corrected chi connectivity index (χ1v) is 19.9. The summed E-state index contributed by atoms with van der Waals surface area (Å²) in [4.78, 5) is 28.3. The summed E-state index contributed by atoms with van der Waals surface area (Å²) in [6, 6.07) is 18.9. The first-order valence-electron chi connectivity index (χ1n) is 17.9. The van der Waals surface area contributed by atoms with Crippen molar-refractivity contribution >= 4 is 31.3 Å². The van der Waals surface area contributed by atoms with Crippen molar-refractivity contribution in [3.05, 3.63) is 66.2 Å². The van der Waals surface area contributed by atoms with Crippen LogP contribution < -0.4 is 9.78 Å². The van der Waals surface area contributed by atoms with Crippen LogP contribution in [0.5, 0.6) is 0 Å². The molecular formula is C39H55NO11Se. The standard InChI is InChI=1S/C39H55NO11Se/c1-24-25(2)51-39(46-8,20-27(24)22-52-29-17-13-10-14-18-29)34(50-37(42)26-15-11-9-12-16-26)35(41)40-36-32-31(47-23-48-36)33(45-7)38(3,4)30(49-32)19-28(44-6)21-43-5/h9-18,24-25,27-28,30-34,36H,19-23H2,1-8H3,(H,40,41)/t24-,25+,27-,28-,30+,31-,32-,33+,34+,36+,39+/m0/s1. The molecule has 1 amide bonds. The van der Waals surface area contributed by atoms with E-state index in [1.54, 1.807) is 51.7 Å². The van der Waals surface area contributed by atoms with E-state index < -0.39 is 53.7 Å². The van der Waals surface area contributed by atoms with Gasteiger partial charge in [0.05, 0.1) is 12.7 Å². The number of carbonyl (C=O) groups excluding carboxylic acids is 2. The molecule has 52 heavy (non-hydrogen) atoms. The van der Waals surface area contributed by atoms with E-state index in [9.17, 15) is 9.59 Å². The summed E-state index contributed by atoms with van der Waals surface area (Å²) in [6.45, 7) is 8.52. The van der Waals surface area contributed by atoms with Crippen LogP contribution >= 0.6 is 0 Å². The number of carbonyl (C=O) groups is 2. The smallest absolute Gasteiger partial charge is 0.379 e. The van der Waals surface area contributed by atoms with E-state index >= 15 is 0 Å². The van der Waals surface area contributed by atoms with Gasteiger partial charge >= 0.3 is 257 Å². The number of rotatable bonds is 15. The second-order valence-electron chi connectivity index (χ2n) is 14.4. The van der Waals surface area contributed by atoms with Crippen LogP contribution in [0.15, 0.2) is 60.7 Å². The SMILES string of the molecule is COC[C@H](C[C@H]1O[C@H]2[C@H](OCO[C@H]2NC(=O)[C@@H](OC(=O)c2ccccc2)[C@@]2(OC)C[C@@H](C[Se]c3ccccc3)[C@@H](C)[C@@H](C)O2)[C@@H](OC)C1(C)C)OC. The normalized spacial score (nSPS) is 32.6. The third kappa shape index (κ3) is 9.09. The Balaban J connectivity index is 1.44. The van der Waals surface area contributed by atoms with Gasteiger partial charge in [0.15, 0.2) is 0 Å². The van der Waals surface area contributed by atoms with Crippen molar-refractivity contribution in [1.29, 1.82) is 0 Å². The number of fused-ring (bicyclic) bond motifs is 1. The Labute approximate surface area is 313 Å². The zero-order valence-electron chi connectivity index (χ0n) is 31.5. The first-order chi connectivity index (χ1) is 25.0. The molecule has 0 aromatic heterocycles. The van der Waals surface area contributed by atoms with Crippen molar-refractivity contribution in [2.75, 3.05) is 41.8 Å². The predicted molar refractivity (Wildman–Crippen MR) is 193 cm³/mol. The molecule has 3 heterocycles. The van der Waals surface area contributed by atoms with E-state index in [2.05, 4.69) is 38.2 Å². The number of hydrogen-bond donors (Lipinski definition) is 1. The van der Waals surface area contributed by atoms with Gasteiger partial charge in [-0.05, 0) is 0 Å². The third-order valence-electron chi connectivity index (χ3n) is 10.9. The molecule has 3 aliphatic heterocycles. The zero-order valence-corrected chi connectivity index (χ0v) is 33.2. The van der Waals surface area contributed by atoms with E-state index in [-0.39, 0.29) is 51.9 Å². The molecule has 3 aliphatic rings. The minimum Gasteiger partial charge on any atom is -0.379 e. The number of esters is 1. The topological polar surface area (TPSA) is 129 Å². The van der Waals surface area contributed by atoms with Crippen molar-refractivity contribution in [3.63, 3.8) is 0 Å². The van der Waals surface area contributed by atoms with Gasteiger partial charge in [-0.15, -0.1) is 0 Å². The Kier molecular flexibility index (Phi) is 14.3. The van der Waals surface area contributed by atoms with Crippen molar-refractivity contribution in [2.45, 2.75) is 101 Å². The van der Waals surface area contributed by atoms with Crippen LogP contribution in [0.3, 0.4) is 0 Å². The van der Waals surface area contributed by atoms with Crippen LogP contribution in [0.25, 0.3) is 0 Å². The molecule has 1 N–H and O–H groups in total. The van der Waals surface area contributed by atoms with E-state index in [1.165, 1.54) is 11.6 Å². The van der Waals surface area contributed by atoms with Gasteiger partial charge in [-0.25, -0.2) is 0 Å². The summed E-state index contributed by atoms with van der Waals surface area (Å²) < 4.78 is 56.1. The Morgan fingerprint density at radius 3 is 2.29 bits per heavy atom. The summed E-state index contributed by atoms with van der Waals surface area (Å²) in [6.07, 6.45) is -4.30. The van der Waals surface area contributed by atoms with Crippen LogP contribution in [-0.4, -0.2) is 123 Å². The molecule has 11 atom stereocenters. The Morgan fingerprint density at radius 2 is 1.65 bits per heavy atom. The van der Waals surface area contributed by atoms with Gasteiger partial charge in [-0.3, -0.25) is 0 Å². The van der Waals surface area contributed by atoms with E-state index in [0.717, 1.165) is 5.32 Å². The van der Waals surface area contributed by atoms with Crippen molar-refractivity contribution in [3.8, 4) is 0 Å². The second kappa shape index (κ2) is 18.3. The Bertz CT molecular complexity index is 1430. The third-order valence-corrected chi connectivity index (χ3v) is 13.4. The fraction of sp³-hybridized carbons (Fsp3) is 0.641. The van der Waals surface area contributed by atoms with Crippen LogP contribution in [-0.2, 0) is 47.4 Å². The van der Waals surface area contributed by atoms with Gasteiger partial charge in [-0.2, -0.15) is 0 Å². The summed E-state index contributed by atoms with van der Waals surface area (Å²) in [5, 5.41) is 3.89. The molecule has 3 saturated heterocycles. The summed E-state index contributed by atoms with van der Waals surface area (Å²) in [5.41, 5.74) is -0.207. The first kappa shape index (κ1) is 40.8. The molecule has 0 radical (unpaired) electrons. The summed E-state index contributed by atoms with van der Waals surface area (Å²) in [5.74, 6) is -2.62. The quantitative estimate of drug-likeness (QED) is 0.209. The van der Waals surface area contributed by atoms with Crippen LogP contribution in [0.1, 0.15) is 50.9 Å². The van der Waals surface area contributed by atoms with E-state index in [0.29, 0.717) is 25.0 Å². The van der Waals surface area contributed by atoms with Gasteiger partial charge in [-0.1, -0.05) is 13.8 Å². The molecule has 3 fully saturated rings. The Morgan fingerprint density at radius 1 is 0.962 bits per heavy atom. The number of benzene rings is 2. The van der Waals surface area contributed by atoms with Crippen LogP contribution in [0.4, 0.5) is 0 Å². The fourth-order valence-corrected chi connectivity index (χ4v) is 10.0. The molecule has 13 heteroatoms. The summed E-state index contributed by atoms with van der Waals surface area (Å²) >= 11 is 0.172. The average molecular weight is 793 g/mol. The predicted octanol–water partition coefficient (Wildman–Crippen LogP) is 3.74. The monoisotopic (exact) mass is 793 g/mol. The number of ether oxygens (including phenoxy) is 9. The molecule has 0 unspecified atom stereocenters. The minimum atomic E-state index is -1.58. The average Bonchev–Trinajstić information content (AvgIpc) is 3.15. The van der Waals surface area contributed by atoms with Crippen molar-refractivity contribution < 1.29 is 52.2 Å². The van der Waals surface area contributed by atoms with E-state index in [1.807, 2.05) is 25.1 Å². The minimum absolute atomic E-state index is 0.112. The molecule has 12 nitrogen and oxygen atoms in total. The van der Waals surface area contributed by atoms with Gasteiger partial charge in [0.2, 0.25) is 0 Å². The molecule has 2 aromatic carbocycles. The zero-order chi connectivity index (χ0) is 37.5. The molecule has 288 valence electrons. The number of amides is 1. The Hall–Kier alpha value is -2.42. The molecule has 0 aliphatic carbocycles. The molecule has 0 bridgehead atoms. The van der Waals surface area contributed by atoms with Gasteiger partial charge < -0.3 is 9.47 Å². The maximum absolute atomic E-state index is 14.7. The summed E-state index contributed by atoms with van der Waals surface area (Å²) in [7, 11) is 6.39. The second-order valence-corrected chi connectivity index (χ2v) is 16.7. The number of nitrogens with one attached hydrogen (secondary N) is 1. The maximum atomic E-state index is 14.7. The van der Waals surface area contributed by atoms with Crippen LogP contribution in [0.2, 0.25) is 5.32 Å². The molecule has 0 saturated carbocycles.